The molecule has 1 aliphatic heterocycles. The van der Waals surface area contributed by atoms with Gasteiger partial charge in [-0.15, -0.1) is 0 Å². The van der Waals surface area contributed by atoms with Crippen molar-refractivity contribution in [2.24, 2.45) is 0 Å². The molecule has 1 amide bonds. The number of aryl methyl sites for hydroxylation is 1. The molecule has 19 heavy (non-hydrogen) atoms. The number of carbonyl (C=O) groups is 1. The van der Waals surface area contributed by atoms with Crippen LogP contribution in [0.1, 0.15) is 37.3 Å². The molecule has 0 bridgehead atoms. The second-order valence-electron chi connectivity index (χ2n) is 5.30. The van der Waals surface area contributed by atoms with Gasteiger partial charge < -0.3 is 9.84 Å². The zero-order chi connectivity index (χ0) is 14.0. The van der Waals surface area contributed by atoms with Crippen LogP contribution in [0, 0.1) is 6.92 Å². The molecular formula is C15H21NO3. The van der Waals surface area contributed by atoms with Crippen molar-refractivity contribution in [1.29, 1.82) is 0 Å². The third-order valence-corrected chi connectivity index (χ3v) is 3.53. The van der Waals surface area contributed by atoms with Gasteiger partial charge in [0.2, 0.25) is 0 Å². The first-order valence-corrected chi connectivity index (χ1v) is 6.73. The van der Waals surface area contributed by atoms with Gasteiger partial charge in [-0.05, 0) is 24.0 Å². The molecule has 104 valence electrons. The second-order valence-corrected chi connectivity index (χ2v) is 5.30. The Balaban J connectivity index is 2.34. The van der Waals surface area contributed by atoms with Crippen LogP contribution in [0.15, 0.2) is 18.2 Å². The first-order chi connectivity index (χ1) is 9.04. The molecule has 1 aromatic rings. The predicted octanol–water partition coefficient (Wildman–Crippen LogP) is 2.83. The van der Waals surface area contributed by atoms with Crippen LogP contribution in [-0.2, 0) is 4.74 Å². The minimum absolute atomic E-state index is 0.107. The number of hydrogen-bond donors (Lipinski definition) is 1. The highest BCUT2D eigenvalue weighted by Gasteiger charge is 2.30. The summed E-state index contributed by atoms with van der Waals surface area (Å²) in [5.74, 6) is 0.346. The van der Waals surface area contributed by atoms with E-state index >= 15 is 0 Å². The molecule has 1 aliphatic rings. The van der Waals surface area contributed by atoms with Crippen molar-refractivity contribution in [3.8, 4) is 0 Å². The number of benzene rings is 1. The lowest BCUT2D eigenvalue weighted by atomic mass is 9.97. The molecule has 0 radical (unpaired) electrons. The highest BCUT2D eigenvalue weighted by Crippen LogP contribution is 2.33. The van der Waals surface area contributed by atoms with Crippen LogP contribution >= 0.6 is 0 Å². The Morgan fingerprint density at radius 3 is 2.79 bits per heavy atom. The molecular weight excluding hydrogens is 242 g/mol. The molecule has 4 nitrogen and oxygen atoms in total. The molecule has 4 heteroatoms. The topological polar surface area (TPSA) is 49.8 Å². The average molecular weight is 263 g/mol. The maximum absolute atomic E-state index is 12.1. The second kappa shape index (κ2) is 5.61. The third kappa shape index (κ3) is 2.73. The number of aliphatic hydroxyl groups excluding tert-OH is 1. The number of anilines is 1. The van der Waals surface area contributed by atoms with Gasteiger partial charge in [-0.2, -0.15) is 0 Å². The number of carbonyl (C=O) groups excluding carboxylic acids is 1. The SMILES string of the molecule is Cc1cccc(C(C)C)c1N1CCC(CO)OC1=O. The van der Waals surface area contributed by atoms with Crippen molar-refractivity contribution < 1.29 is 14.6 Å². The molecule has 1 heterocycles. The minimum atomic E-state index is -0.365. The fourth-order valence-electron chi connectivity index (χ4n) is 2.48. The molecule has 0 aliphatic carbocycles. The maximum atomic E-state index is 12.1. The molecule has 2 rings (SSSR count). The number of amides is 1. The van der Waals surface area contributed by atoms with E-state index < -0.39 is 0 Å². The summed E-state index contributed by atoms with van der Waals surface area (Å²) in [5.41, 5.74) is 3.18. The van der Waals surface area contributed by atoms with Crippen molar-refractivity contribution >= 4 is 11.8 Å². The number of nitrogens with zero attached hydrogens (tertiary/aromatic N) is 1. The van der Waals surface area contributed by atoms with Crippen LogP contribution in [0.25, 0.3) is 0 Å². The Morgan fingerprint density at radius 1 is 1.47 bits per heavy atom. The summed E-state index contributed by atoms with van der Waals surface area (Å²) >= 11 is 0. The largest absolute Gasteiger partial charge is 0.443 e. The van der Waals surface area contributed by atoms with Crippen LogP contribution in [0.5, 0.6) is 0 Å². The molecule has 1 aromatic carbocycles. The van der Waals surface area contributed by atoms with E-state index in [1.807, 2.05) is 19.1 Å². The molecule has 0 saturated carbocycles. The number of ether oxygens (including phenoxy) is 1. The predicted molar refractivity (Wildman–Crippen MR) is 74.6 cm³/mol. The van der Waals surface area contributed by atoms with Crippen LogP contribution in [-0.4, -0.2) is 30.5 Å². The molecule has 1 saturated heterocycles. The van der Waals surface area contributed by atoms with Crippen molar-refractivity contribution in [2.45, 2.75) is 39.2 Å². The lowest BCUT2D eigenvalue weighted by molar-refractivity contribution is 0.0452. The van der Waals surface area contributed by atoms with E-state index in [0.29, 0.717) is 18.9 Å². The maximum Gasteiger partial charge on any atom is 0.414 e. The molecule has 1 N–H and O–H groups in total. The van der Waals surface area contributed by atoms with Gasteiger partial charge >= 0.3 is 6.09 Å². The van der Waals surface area contributed by atoms with Crippen LogP contribution in [0.2, 0.25) is 0 Å². The van der Waals surface area contributed by atoms with Gasteiger partial charge in [0.15, 0.2) is 0 Å². The van der Waals surface area contributed by atoms with Crippen molar-refractivity contribution in [3.05, 3.63) is 29.3 Å². The smallest absolute Gasteiger partial charge is 0.414 e. The lowest BCUT2D eigenvalue weighted by Gasteiger charge is -2.33. The van der Waals surface area contributed by atoms with Gasteiger partial charge in [-0.1, -0.05) is 32.0 Å². The quantitative estimate of drug-likeness (QED) is 0.912. The molecule has 1 atom stereocenters. The first kappa shape index (κ1) is 13.9. The Morgan fingerprint density at radius 2 is 2.21 bits per heavy atom. The number of para-hydroxylation sites is 1. The third-order valence-electron chi connectivity index (χ3n) is 3.53. The zero-order valence-corrected chi connectivity index (χ0v) is 11.7. The van der Waals surface area contributed by atoms with Gasteiger partial charge in [0, 0.05) is 13.0 Å². The van der Waals surface area contributed by atoms with Gasteiger partial charge in [0.1, 0.15) is 6.10 Å². The molecule has 0 spiro atoms. The highest BCUT2D eigenvalue weighted by atomic mass is 16.6. The lowest BCUT2D eigenvalue weighted by Crippen LogP contribution is -2.44. The van der Waals surface area contributed by atoms with Gasteiger partial charge in [0.05, 0.1) is 12.3 Å². The Labute approximate surface area is 114 Å². The molecule has 1 unspecified atom stereocenters. The van der Waals surface area contributed by atoms with E-state index in [1.54, 1.807) is 4.90 Å². The van der Waals surface area contributed by atoms with E-state index in [-0.39, 0.29) is 18.8 Å². The highest BCUT2D eigenvalue weighted by molar-refractivity contribution is 5.90. The number of hydrogen-bond acceptors (Lipinski definition) is 3. The number of cyclic esters (lactones) is 1. The molecule has 1 fully saturated rings. The standard InChI is InChI=1S/C15H21NO3/c1-10(2)13-6-4-5-11(3)14(13)16-8-7-12(9-17)19-15(16)18/h4-6,10,12,17H,7-9H2,1-3H3. The summed E-state index contributed by atoms with van der Waals surface area (Å²) in [4.78, 5) is 13.8. The van der Waals surface area contributed by atoms with Crippen molar-refractivity contribution in [1.82, 2.24) is 0 Å². The Kier molecular flexibility index (Phi) is 4.10. The number of rotatable bonds is 3. The van der Waals surface area contributed by atoms with Crippen LogP contribution in [0.3, 0.4) is 0 Å². The van der Waals surface area contributed by atoms with Gasteiger partial charge in [0.25, 0.3) is 0 Å². The van der Waals surface area contributed by atoms with Gasteiger partial charge in [-0.3, -0.25) is 4.90 Å². The van der Waals surface area contributed by atoms with Crippen molar-refractivity contribution in [2.75, 3.05) is 18.1 Å². The van der Waals surface area contributed by atoms with Crippen LogP contribution < -0.4 is 4.90 Å². The normalized spacial score (nSPS) is 19.7. The van der Waals surface area contributed by atoms with Crippen LogP contribution in [0.4, 0.5) is 10.5 Å². The summed E-state index contributed by atoms with van der Waals surface area (Å²) < 4.78 is 5.23. The van der Waals surface area contributed by atoms with E-state index in [0.717, 1.165) is 16.8 Å². The fraction of sp³-hybridized carbons (Fsp3) is 0.533. The Hall–Kier alpha value is -1.55. The van der Waals surface area contributed by atoms with E-state index in [1.165, 1.54) is 0 Å². The van der Waals surface area contributed by atoms with Gasteiger partial charge in [-0.25, -0.2) is 4.79 Å². The summed E-state index contributed by atoms with van der Waals surface area (Å²) in [6.07, 6.45) is -0.0644. The summed E-state index contributed by atoms with van der Waals surface area (Å²) in [7, 11) is 0. The minimum Gasteiger partial charge on any atom is -0.443 e. The average Bonchev–Trinajstić information content (AvgIpc) is 2.38. The summed E-state index contributed by atoms with van der Waals surface area (Å²) in [5, 5.41) is 9.07. The summed E-state index contributed by atoms with van der Waals surface area (Å²) in [6.45, 7) is 6.72. The fourth-order valence-corrected chi connectivity index (χ4v) is 2.48. The van der Waals surface area contributed by atoms with E-state index in [9.17, 15) is 4.79 Å². The Bertz CT molecular complexity index is 470. The summed E-state index contributed by atoms with van der Waals surface area (Å²) in [6, 6.07) is 6.07. The van der Waals surface area contributed by atoms with E-state index in [4.69, 9.17) is 9.84 Å². The zero-order valence-electron chi connectivity index (χ0n) is 11.7. The molecule has 0 aromatic heterocycles. The van der Waals surface area contributed by atoms with E-state index in [2.05, 4.69) is 19.9 Å². The number of aliphatic hydroxyl groups is 1. The van der Waals surface area contributed by atoms with Crippen molar-refractivity contribution in [3.63, 3.8) is 0 Å². The first-order valence-electron chi connectivity index (χ1n) is 6.73. The monoisotopic (exact) mass is 263 g/mol.